The number of halogens is 2. The van der Waals surface area contributed by atoms with E-state index in [0.29, 0.717) is 10.9 Å². The molecule has 0 unspecified atom stereocenters. The molecule has 1 aromatic carbocycles. The quantitative estimate of drug-likeness (QED) is 0.605. The van der Waals surface area contributed by atoms with Crippen LogP contribution in [0.1, 0.15) is 34.7 Å². The van der Waals surface area contributed by atoms with Gasteiger partial charge in [0, 0.05) is 9.35 Å². The Morgan fingerprint density at radius 3 is 2.79 bits per heavy atom. The summed E-state index contributed by atoms with van der Waals surface area (Å²) in [5, 5.41) is 1.19. The van der Waals surface area contributed by atoms with Crippen LogP contribution in [-0.4, -0.2) is 9.97 Å². The number of hydrogen-bond donors (Lipinski definition) is 1. The van der Waals surface area contributed by atoms with Crippen LogP contribution in [0.5, 0.6) is 0 Å². The van der Waals surface area contributed by atoms with E-state index in [1.807, 2.05) is 30.3 Å². The van der Waals surface area contributed by atoms with Crippen LogP contribution in [0.25, 0.3) is 21.3 Å². The second-order valence-electron chi connectivity index (χ2n) is 5.85. The van der Waals surface area contributed by atoms with Gasteiger partial charge in [-0.05, 0) is 55.0 Å². The molecule has 2 aromatic heterocycles. The SMILES string of the molecule is O=c1[nH]c(/C(Cl)=C/c2ccc(Br)cc2)nc2sc3c(c12)CCCC3. The zero-order chi connectivity index (χ0) is 16.7. The number of aromatic amines is 1. The molecular weight excluding hydrogens is 408 g/mol. The van der Waals surface area contributed by atoms with Gasteiger partial charge in [-0.25, -0.2) is 4.98 Å². The molecule has 0 saturated heterocycles. The van der Waals surface area contributed by atoms with Crippen LogP contribution in [0.3, 0.4) is 0 Å². The van der Waals surface area contributed by atoms with Crippen LogP contribution in [0, 0.1) is 0 Å². The molecule has 0 amide bonds. The third-order valence-corrected chi connectivity index (χ3v) is 6.22. The van der Waals surface area contributed by atoms with Crippen LogP contribution in [-0.2, 0) is 12.8 Å². The molecule has 2 heterocycles. The molecule has 122 valence electrons. The van der Waals surface area contributed by atoms with Crippen molar-refractivity contribution in [1.29, 1.82) is 0 Å². The highest BCUT2D eigenvalue weighted by atomic mass is 79.9. The number of rotatable bonds is 2. The average molecular weight is 422 g/mol. The van der Waals surface area contributed by atoms with Gasteiger partial charge in [-0.3, -0.25) is 4.79 Å². The minimum atomic E-state index is -0.0863. The van der Waals surface area contributed by atoms with Gasteiger partial charge in [0.25, 0.3) is 5.56 Å². The summed E-state index contributed by atoms with van der Waals surface area (Å²) < 4.78 is 1.01. The van der Waals surface area contributed by atoms with E-state index in [2.05, 4.69) is 25.9 Å². The summed E-state index contributed by atoms with van der Waals surface area (Å²) in [7, 11) is 0. The topological polar surface area (TPSA) is 45.8 Å². The molecule has 0 saturated carbocycles. The number of nitrogens with zero attached hydrogens (tertiary/aromatic N) is 1. The normalized spacial score (nSPS) is 14.8. The Morgan fingerprint density at radius 1 is 1.25 bits per heavy atom. The Morgan fingerprint density at radius 2 is 2.00 bits per heavy atom. The van der Waals surface area contributed by atoms with Crippen molar-refractivity contribution in [3.63, 3.8) is 0 Å². The van der Waals surface area contributed by atoms with E-state index in [9.17, 15) is 4.79 Å². The van der Waals surface area contributed by atoms with Crippen molar-refractivity contribution >= 4 is 60.2 Å². The number of fused-ring (bicyclic) bond motifs is 3. The number of thiophene rings is 1. The highest BCUT2D eigenvalue weighted by Crippen LogP contribution is 2.34. The zero-order valence-corrected chi connectivity index (χ0v) is 15.9. The molecule has 3 nitrogen and oxygen atoms in total. The van der Waals surface area contributed by atoms with Crippen molar-refractivity contribution in [2.24, 2.45) is 0 Å². The molecule has 0 fully saturated rings. The lowest BCUT2D eigenvalue weighted by atomic mass is 9.97. The molecule has 0 radical (unpaired) electrons. The van der Waals surface area contributed by atoms with Crippen LogP contribution < -0.4 is 5.56 Å². The maximum atomic E-state index is 12.6. The van der Waals surface area contributed by atoms with Crippen molar-refractivity contribution in [2.45, 2.75) is 25.7 Å². The van der Waals surface area contributed by atoms with Crippen molar-refractivity contribution < 1.29 is 0 Å². The molecule has 0 atom stereocenters. The van der Waals surface area contributed by atoms with E-state index in [-0.39, 0.29) is 5.56 Å². The van der Waals surface area contributed by atoms with Crippen LogP contribution >= 0.6 is 38.9 Å². The maximum absolute atomic E-state index is 12.6. The van der Waals surface area contributed by atoms with E-state index in [0.717, 1.165) is 39.5 Å². The molecule has 0 bridgehead atoms. The predicted molar refractivity (Wildman–Crippen MR) is 105 cm³/mol. The maximum Gasteiger partial charge on any atom is 0.260 e. The lowest BCUT2D eigenvalue weighted by Crippen LogP contribution is -2.12. The minimum absolute atomic E-state index is 0.0863. The summed E-state index contributed by atoms with van der Waals surface area (Å²) >= 11 is 11.4. The summed E-state index contributed by atoms with van der Waals surface area (Å²) in [5.41, 5.74) is 2.06. The molecule has 0 spiro atoms. The van der Waals surface area contributed by atoms with E-state index >= 15 is 0 Å². The van der Waals surface area contributed by atoms with Crippen molar-refractivity contribution in [1.82, 2.24) is 9.97 Å². The number of aryl methyl sites for hydroxylation is 2. The first-order chi connectivity index (χ1) is 11.6. The Bertz CT molecular complexity index is 1000. The van der Waals surface area contributed by atoms with Gasteiger partial charge in [0.05, 0.1) is 10.4 Å². The van der Waals surface area contributed by atoms with Gasteiger partial charge < -0.3 is 4.98 Å². The standard InChI is InChI=1S/C18H14BrClN2OS/c19-11-7-5-10(6-8-11)9-13(20)16-21-17(23)15-12-3-1-2-4-14(12)24-18(15)22-16/h5-9H,1-4H2,(H,21,22,23)/b13-9-. The molecule has 4 rings (SSSR count). The number of nitrogens with one attached hydrogen (secondary N) is 1. The smallest absolute Gasteiger partial charge is 0.260 e. The van der Waals surface area contributed by atoms with Crippen molar-refractivity contribution in [2.75, 3.05) is 0 Å². The van der Waals surface area contributed by atoms with Gasteiger partial charge in [-0.2, -0.15) is 0 Å². The van der Waals surface area contributed by atoms with E-state index in [1.165, 1.54) is 16.9 Å². The van der Waals surface area contributed by atoms with Crippen molar-refractivity contribution in [3.8, 4) is 0 Å². The van der Waals surface area contributed by atoms with Gasteiger partial charge >= 0.3 is 0 Å². The lowest BCUT2D eigenvalue weighted by molar-refractivity contribution is 0.700. The molecule has 24 heavy (non-hydrogen) atoms. The van der Waals surface area contributed by atoms with Gasteiger partial charge in [0.1, 0.15) is 4.83 Å². The highest BCUT2D eigenvalue weighted by molar-refractivity contribution is 9.10. The first-order valence-corrected chi connectivity index (χ1v) is 9.78. The Hall–Kier alpha value is -1.43. The summed E-state index contributed by atoms with van der Waals surface area (Å²) in [6.07, 6.45) is 6.17. The van der Waals surface area contributed by atoms with Gasteiger partial charge in [-0.15, -0.1) is 11.3 Å². The van der Waals surface area contributed by atoms with Gasteiger partial charge in [0.15, 0.2) is 5.82 Å². The summed E-state index contributed by atoms with van der Waals surface area (Å²) in [4.78, 5) is 22.1. The molecule has 6 heteroatoms. The largest absolute Gasteiger partial charge is 0.305 e. The first-order valence-electron chi connectivity index (χ1n) is 7.79. The molecule has 1 aliphatic carbocycles. The van der Waals surface area contributed by atoms with E-state index in [4.69, 9.17) is 11.6 Å². The minimum Gasteiger partial charge on any atom is -0.305 e. The Balaban J connectivity index is 1.79. The number of hydrogen-bond acceptors (Lipinski definition) is 3. The van der Waals surface area contributed by atoms with Crippen LogP contribution in [0.2, 0.25) is 0 Å². The highest BCUT2D eigenvalue weighted by Gasteiger charge is 2.20. The fourth-order valence-electron chi connectivity index (χ4n) is 3.05. The lowest BCUT2D eigenvalue weighted by Gasteiger charge is -2.09. The zero-order valence-electron chi connectivity index (χ0n) is 12.7. The molecule has 1 N–H and O–H groups in total. The fraction of sp³-hybridized carbons (Fsp3) is 0.222. The predicted octanol–water partition coefficient (Wildman–Crippen LogP) is 5.36. The van der Waals surface area contributed by atoms with Gasteiger partial charge in [-0.1, -0.05) is 39.7 Å². The molecule has 0 aliphatic heterocycles. The van der Waals surface area contributed by atoms with E-state index < -0.39 is 0 Å². The van der Waals surface area contributed by atoms with Crippen molar-refractivity contribution in [3.05, 3.63) is 60.9 Å². The first kappa shape index (κ1) is 16.1. The third kappa shape index (κ3) is 2.96. The average Bonchev–Trinajstić information content (AvgIpc) is 2.95. The Labute approximate surface area is 156 Å². The second-order valence-corrected chi connectivity index (χ2v) is 8.26. The second kappa shape index (κ2) is 6.47. The monoisotopic (exact) mass is 420 g/mol. The molecule has 1 aliphatic rings. The number of H-pyrrole nitrogens is 1. The molecule has 3 aromatic rings. The summed E-state index contributed by atoms with van der Waals surface area (Å²) in [6, 6.07) is 7.80. The third-order valence-electron chi connectivity index (χ3n) is 4.21. The fourth-order valence-corrected chi connectivity index (χ4v) is 4.79. The molecular formula is C18H14BrClN2OS. The van der Waals surface area contributed by atoms with Crippen LogP contribution in [0.15, 0.2) is 33.5 Å². The summed E-state index contributed by atoms with van der Waals surface area (Å²) in [5.74, 6) is 0.427. The number of aromatic nitrogens is 2. The van der Waals surface area contributed by atoms with Crippen LogP contribution in [0.4, 0.5) is 0 Å². The van der Waals surface area contributed by atoms with E-state index in [1.54, 1.807) is 11.3 Å². The Kier molecular flexibility index (Phi) is 4.33. The van der Waals surface area contributed by atoms with Gasteiger partial charge in [0.2, 0.25) is 0 Å². The number of benzene rings is 1. The summed E-state index contributed by atoms with van der Waals surface area (Å²) in [6.45, 7) is 0.